The van der Waals surface area contributed by atoms with Crippen LogP contribution in [0.15, 0.2) is 30.5 Å². The van der Waals surface area contributed by atoms with Crippen molar-refractivity contribution in [1.82, 2.24) is 14.3 Å². The molecule has 2 aromatic heterocycles. The Kier molecular flexibility index (Phi) is 3.74. The molecule has 21 heavy (non-hydrogen) atoms. The van der Waals surface area contributed by atoms with Crippen molar-refractivity contribution in [3.05, 3.63) is 52.4 Å². The Hall–Kier alpha value is -1.78. The van der Waals surface area contributed by atoms with E-state index in [2.05, 4.69) is 28.9 Å². The topological polar surface area (TPSA) is 48.8 Å². The molecule has 0 fully saturated rings. The molecule has 0 saturated heterocycles. The molecule has 0 aliphatic carbocycles. The molecule has 2 N–H and O–H groups in total. The Bertz CT molecular complexity index is 785. The second-order valence-electron chi connectivity index (χ2n) is 5.24. The third kappa shape index (κ3) is 2.57. The lowest BCUT2D eigenvalue weighted by Gasteiger charge is -2.07. The fourth-order valence-corrected chi connectivity index (χ4v) is 2.98. The predicted octanol–water partition coefficient (Wildman–Crippen LogP) is 3.33. The van der Waals surface area contributed by atoms with Crippen LogP contribution in [0, 0.1) is 6.92 Å². The van der Waals surface area contributed by atoms with Crippen LogP contribution in [0.1, 0.15) is 23.9 Å². The second kappa shape index (κ2) is 5.54. The molecule has 0 atom stereocenters. The van der Waals surface area contributed by atoms with Crippen molar-refractivity contribution in [3.8, 4) is 0 Å². The summed E-state index contributed by atoms with van der Waals surface area (Å²) < 4.78 is 4.24. The first-order valence-electron chi connectivity index (χ1n) is 7.13. The van der Waals surface area contributed by atoms with Crippen LogP contribution in [0.5, 0.6) is 0 Å². The lowest BCUT2D eigenvalue weighted by atomic mass is 10.2. The maximum absolute atomic E-state index is 6.15. The van der Waals surface area contributed by atoms with Crippen molar-refractivity contribution in [3.63, 3.8) is 0 Å². The van der Waals surface area contributed by atoms with E-state index in [4.69, 9.17) is 17.3 Å². The van der Waals surface area contributed by atoms with E-state index in [0.29, 0.717) is 6.54 Å². The third-order valence-electron chi connectivity index (χ3n) is 3.76. The van der Waals surface area contributed by atoms with E-state index in [1.807, 2.05) is 29.8 Å². The molecule has 1 aromatic carbocycles. The van der Waals surface area contributed by atoms with Gasteiger partial charge in [0.2, 0.25) is 0 Å². The molecule has 0 saturated carbocycles. The Balaban J connectivity index is 2.09. The van der Waals surface area contributed by atoms with E-state index in [9.17, 15) is 0 Å². The van der Waals surface area contributed by atoms with Crippen LogP contribution >= 0.6 is 11.6 Å². The van der Waals surface area contributed by atoms with Crippen molar-refractivity contribution >= 4 is 22.5 Å². The van der Waals surface area contributed by atoms with Crippen molar-refractivity contribution in [2.45, 2.75) is 33.5 Å². The molecule has 3 aromatic rings. The van der Waals surface area contributed by atoms with Crippen LogP contribution in [0.2, 0.25) is 5.02 Å². The van der Waals surface area contributed by atoms with E-state index >= 15 is 0 Å². The van der Waals surface area contributed by atoms with Crippen LogP contribution in [0.4, 0.5) is 0 Å². The number of aryl methyl sites for hydroxylation is 2. The predicted molar refractivity (Wildman–Crippen MR) is 86.6 cm³/mol. The number of benzene rings is 1. The Morgan fingerprint density at radius 3 is 2.81 bits per heavy atom. The minimum atomic E-state index is 0.525. The molecular formula is C16H19ClN4. The summed E-state index contributed by atoms with van der Waals surface area (Å²) in [7, 11) is 0. The lowest BCUT2D eigenvalue weighted by Crippen LogP contribution is -2.07. The van der Waals surface area contributed by atoms with Gasteiger partial charge in [0.15, 0.2) is 0 Å². The van der Waals surface area contributed by atoms with Crippen LogP contribution in [-0.4, -0.2) is 14.3 Å². The zero-order chi connectivity index (χ0) is 15.0. The SMILES string of the molecule is CCn1nc(C)cc1Cn1cc(CN)c2ccc(Cl)cc21. The van der Waals surface area contributed by atoms with Crippen LogP contribution < -0.4 is 5.73 Å². The summed E-state index contributed by atoms with van der Waals surface area (Å²) in [5.41, 5.74) is 10.3. The first-order valence-corrected chi connectivity index (χ1v) is 7.50. The van der Waals surface area contributed by atoms with Gasteiger partial charge in [-0.3, -0.25) is 4.68 Å². The fourth-order valence-electron chi connectivity index (χ4n) is 2.81. The summed E-state index contributed by atoms with van der Waals surface area (Å²) in [5, 5.41) is 6.41. The normalized spacial score (nSPS) is 11.4. The number of hydrogen-bond donors (Lipinski definition) is 1. The minimum absolute atomic E-state index is 0.525. The van der Waals surface area contributed by atoms with Crippen LogP contribution in [0.3, 0.4) is 0 Å². The van der Waals surface area contributed by atoms with Gasteiger partial charge >= 0.3 is 0 Å². The highest BCUT2D eigenvalue weighted by Gasteiger charge is 2.11. The Labute approximate surface area is 129 Å². The molecule has 0 bridgehead atoms. The summed E-state index contributed by atoms with van der Waals surface area (Å²) in [6.45, 7) is 6.28. The number of hydrogen-bond acceptors (Lipinski definition) is 2. The van der Waals surface area contributed by atoms with Gasteiger partial charge in [-0.05, 0) is 37.6 Å². The molecular weight excluding hydrogens is 284 g/mol. The van der Waals surface area contributed by atoms with Crippen molar-refractivity contribution in [2.75, 3.05) is 0 Å². The van der Waals surface area contributed by atoms with E-state index < -0.39 is 0 Å². The number of nitrogens with zero attached hydrogens (tertiary/aromatic N) is 3. The van der Waals surface area contributed by atoms with Gasteiger partial charge < -0.3 is 10.3 Å². The number of aromatic nitrogens is 3. The molecule has 0 aliphatic heterocycles. The summed E-state index contributed by atoms with van der Waals surface area (Å²) in [6, 6.07) is 8.07. The lowest BCUT2D eigenvalue weighted by molar-refractivity contribution is 0.601. The average Bonchev–Trinajstić information content (AvgIpc) is 2.99. The van der Waals surface area contributed by atoms with Gasteiger partial charge in [-0.25, -0.2) is 0 Å². The van der Waals surface area contributed by atoms with Crippen LogP contribution in [-0.2, 0) is 19.6 Å². The van der Waals surface area contributed by atoms with Crippen LogP contribution in [0.25, 0.3) is 10.9 Å². The number of nitrogens with two attached hydrogens (primary N) is 1. The van der Waals surface area contributed by atoms with E-state index in [-0.39, 0.29) is 0 Å². The molecule has 0 spiro atoms. The van der Waals surface area contributed by atoms with Gasteiger partial charge in [0, 0.05) is 29.7 Å². The molecule has 2 heterocycles. The molecule has 3 rings (SSSR count). The molecule has 0 aliphatic rings. The largest absolute Gasteiger partial charge is 0.341 e. The summed E-state index contributed by atoms with van der Waals surface area (Å²) in [5.74, 6) is 0. The maximum atomic E-state index is 6.15. The highest BCUT2D eigenvalue weighted by atomic mass is 35.5. The molecule has 4 nitrogen and oxygen atoms in total. The fraction of sp³-hybridized carbons (Fsp3) is 0.312. The Morgan fingerprint density at radius 2 is 2.10 bits per heavy atom. The first-order chi connectivity index (χ1) is 10.1. The first kappa shape index (κ1) is 14.2. The smallest absolute Gasteiger partial charge is 0.0645 e. The zero-order valence-corrected chi connectivity index (χ0v) is 13.1. The average molecular weight is 303 g/mol. The summed E-state index contributed by atoms with van der Waals surface area (Å²) in [4.78, 5) is 0. The molecule has 0 radical (unpaired) electrons. The van der Waals surface area contributed by atoms with Gasteiger partial charge in [0.1, 0.15) is 0 Å². The standard InChI is InChI=1S/C16H19ClN4/c1-3-21-14(6-11(2)19-21)10-20-9-12(8-18)15-5-4-13(17)7-16(15)20/h4-7,9H,3,8,10,18H2,1-2H3. The van der Waals surface area contributed by atoms with Gasteiger partial charge in [-0.2, -0.15) is 5.10 Å². The molecule has 0 unspecified atom stereocenters. The molecule has 5 heteroatoms. The quantitative estimate of drug-likeness (QED) is 0.803. The van der Waals surface area contributed by atoms with Crippen molar-refractivity contribution in [2.24, 2.45) is 5.73 Å². The van der Waals surface area contributed by atoms with E-state index in [0.717, 1.165) is 34.9 Å². The molecule has 110 valence electrons. The van der Waals surface area contributed by atoms with E-state index in [1.54, 1.807) is 0 Å². The number of halogens is 1. The number of rotatable bonds is 4. The van der Waals surface area contributed by atoms with Gasteiger partial charge in [0.05, 0.1) is 23.4 Å². The molecule has 0 amide bonds. The van der Waals surface area contributed by atoms with E-state index in [1.165, 1.54) is 11.1 Å². The monoisotopic (exact) mass is 302 g/mol. The minimum Gasteiger partial charge on any atom is -0.341 e. The number of fused-ring (bicyclic) bond motifs is 1. The van der Waals surface area contributed by atoms with Gasteiger partial charge in [0.25, 0.3) is 0 Å². The zero-order valence-electron chi connectivity index (χ0n) is 12.3. The van der Waals surface area contributed by atoms with Crippen molar-refractivity contribution < 1.29 is 0 Å². The van der Waals surface area contributed by atoms with Gasteiger partial charge in [-0.15, -0.1) is 0 Å². The van der Waals surface area contributed by atoms with Gasteiger partial charge in [-0.1, -0.05) is 17.7 Å². The highest BCUT2D eigenvalue weighted by Crippen LogP contribution is 2.25. The summed E-state index contributed by atoms with van der Waals surface area (Å²) in [6.07, 6.45) is 2.11. The van der Waals surface area contributed by atoms with Crippen molar-refractivity contribution in [1.29, 1.82) is 0 Å². The summed E-state index contributed by atoms with van der Waals surface area (Å²) >= 11 is 6.15. The third-order valence-corrected chi connectivity index (χ3v) is 4.00. The maximum Gasteiger partial charge on any atom is 0.0645 e. The Morgan fingerprint density at radius 1 is 1.29 bits per heavy atom. The highest BCUT2D eigenvalue weighted by molar-refractivity contribution is 6.31. The second-order valence-corrected chi connectivity index (χ2v) is 5.68.